The van der Waals surface area contributed by atoms with Crippen LogP contribution >= 0.6 is 0 Å². The molecule has 1 amide bonds. The Balaban J connectivity index is 2.85. The molecule has 0 bridgehead atoms. The van der Waals surface area contributed by atoms with Crippen molar-refractivity contribution < 1.29 is 27.9 Å². The average Bonchev–Trinajstić information content (AvgIpc) is 2.37. The maximum Gasteiger partial charge on any atom is 0.471 e. The first-order valence-corrected chi connectivity index (χ1v) is 5.81. The third kappa shape index (κ3) is 5.52. The van der Waals surface area contributed by atoms with Gasteiger partial charge in [-0.2, -0.15) is 18.4 Å². The molecule has 1 aromatic carbocycles. The molecule has 0 radical (unpaired) electrons. The number of carbonyl (C=O) groups is 2. The minimum atomic E-state index is -5.08. The third-order valence-electron chi connectivity index (χ3n) is 2.55. The van der Waals surface area contributed by atoms with E-state index >= 15 is 0 Å². The zero-order valence-electron chi connectivity index (χ0n) is 10.6. The van der Waals surface area contributed by atoms with Crippen LogP contribution in [0.5, 0.6) is 0 Å². The first-order valence-electron chi connectivity index (χ1n) is 5.81. The van der Waals surface area contributed by atoms with Crippen LogP contribution in [0, 0.1) is 11.3 Å². The van der Waals surface area contributed by atoms with Gasteiger partial charge in [-0.15, -0.1) is 0 Å². The predicted octanol–water partition coefficient (Wildman–Crippen LogP) is 1.62. The van der Waals surface area contributed by atoms with E-state index in [4.69, 9.17) is 10.4 Å². The largest absolute Gasteiger partial charge is 0.481 e. The van der Waals surface area contributed by atoms with Crippen LogP contribution in [0.1, 0.15) is 17.5 Å². The molecule has 0 saturated carbocycles. The van der Waals surface area contributed by atoms with Crippen LogP contribution < -0.4 is 5.32 Å². The molecule has 1 atom stereocenters. The van der Waals surface area contributed by atoms with Gasteiger partial charge in [0.15, 0.2) is 0 Å². The maximum absolute atomic E-state index is 12.2. The van der Waals surface area contributed by atoms with E-state index in [1.807, 2.05) is 6.07 Å². The number of carbonyl (C=O) groups excluding carboxylic acids is 1. The van der Waals surface area contributed by atoms with E-state index < -0.39 is 30.5 Å². The molecule has 1 aromatic rings. The summed E-state index contributed by atoms with van der Waals surface area (Å²) in [4.78, 5) is 21.6. The topological polar surface area (TPSA) is 90.2 Å². The molecule has 21 heavy (non-hydrogen) atoms. The number of nitrogens with zero attached hydrogens (tertiary/aromatic N) is 1. The monoisotopic (exact) mass is 300 g/mol. The number of carboxylic acids is 1. The summed E-state index contributed by atoms with van der Waals surface area (Å²) >= 11 is 0. The number of nitrogens with one attached hydrogen (secondary N) is 1. The van der Waals surface area contributed by atoms with Crippen molar-refractivity contribution in [3.05, 3.63) is 35.4 Å². The minimum Gasteiger partial charge on any atom is -0.481 e. The molecule has 1 rings (SSSR count). The molecule has 112 valence electrons. The van der Waals surface area contributed by atoms with Gasteiger partial charge in [0.25, 0.3) is 0 Å². The van der Waals surface area contributed by atoms with Gasteiger partial charge in [-0.05, 0) is 24.1 Å². The Morgan fingerprint density at radius 1 is 1.38 bits per heavy atom. The molecule has 0 unspecified atom stereocenters. The van der Waals surface area contributed by atoms with E-state index in [1.165, 1.54) is 24.3 Å². The number of hydrogen-bond donors (Lipinski definition) is 2. The molecule has 0 fully saturated rings. The number of rotatable bonds is 5. The number of nitriles is 1. The van der Waals surface area contributed by atoms with E-state index in [1.54, 1.807) is 5.32 Å². The van der Waals surface area contributed by atoms with Crippen LogP contribution in [0.3, 0.4) is 0 Å². The van der Waals surface area contributed by atoms with E-state index in [-0.39, 0.29) is 6.42 Å². The second-order valence-corrected chi connectivity index (χ2v) is 4.28. The van der Waals surface area contributed by atoms with Gasteiger partial charge < -0.3 is 10.4 Å². The number of aliphatic carboxylic acids is 1. The van der Waals surface area contributed by atoms with Crippen molar-refractivity contribution in [1.82, 2.24) is 5.32 Å². The lowest BCUT2D eigenvalue weighted by molar-refractivity contribution is -0.174. The number of amides is 1. The van der Waals surface area contributed by atoms with Gasteiger partial charge >= 0.3 is 18.1 Å². The number of alkyl halides is 3. The van der Waals surface area contributed by atoms with Crippen molar-refractivity contribution in [2.24, 2.45) is 0 Å². The zero-order valence-corrected chi connectivity index (χ0v) is 10.6. The lowest BCUT2D eigenvalue weighted by atomic mass is 10.0. The molecule has 0 saturated heterocycles. The number of carboxylic acid groups (broad SMARTS) is 1. The average molecular weight is 300 g/mol. The molecule has 5 nitrogen and oxygen atoms in total. The third-order valence-corrected chi connectivity index (χ3v) is 2.55. The quantitative estimate of drug-likeness (QED) is 0.864. The standard InChI is InChI=1S/C13H11F3N2O3/c14-13(15,16)12(21)18-10(6-11(19)20)5-8-2-1-3-9(4-8)7-17/h1-4,10H,5-6H2,(H,18,21)(H,19,20)/t10-/m0/s1. The van der Waals surface area contributed by atoms with Crippen molar-refractivity contribution >= 4 is 11.9 Å². The summed E-state index contributed by atoms with van der Waals surface area (Å²) in [6.45, 7) is 0. The Hall–Kier alpha value is -2.56. The van der Waals surface area contributed by atoms with Crippen LogP contribution in [-0.2, 0) is 16.0 Å². The Labute approximate surface area is 118 Å². The Bertz CT molecular complexity index is 579. The second kappa shape index (κ2) is 6.74. The zero-order chi connectivity index (χ0) is 16.0. The summed E-state index contributed by atoms with van der Waals surface area (Å²) in [7, 11) is 0. The Morgan fingerprint density at radius 2 is 2.05 bits per heavy atom. The number of halogens is 3. The fraction of sp³-hybridized carbons (Fsp3) is 0.308. The molecule has 2 N–H and O–H groups in total. The molecule has 0 heterocycles. The van der Waals surface area contributed by atoms with E-state index in [0.29, 0.717) is 11.1 Å². The van der Waals surface area contributed by atoms with Gasteiger partial charge in [0, 0.05) is 6.04 Å². The highest BCUT2D eigenvalue weighted by molar-refractivity contribution is 5.82. The highest BCUT2D eigenvalue weighted by atomic mass is 19.4. The first kappa shape index (κ1) is 16.5. The van der Waals surface area contributed by atoms with Gasteiger partial charge in [-0.3, -0.25) is 9.59 Å². The van der Waals surface area contributed by atoms with E-state index in [0.717, 1.165) is 0 Å². The Morgan fingerprint density at radius 3 is 2.57 bits per heavy atom. The highest BCUT2D eigenvalue weighted by Crippen LogP contribution is 2.16. The minimum absolute atomic E-state index is 0.121. The molecule has 0 aliphatic carbocycles. The SMILES string of the molecule is N#Cc1cccc(C[C@@H](CC(=O)O)NC(=O)C(F)(F)F)c1. The van der Waals surface area contributed by atoms with Gasteiger partial charge in [0.05, 0.1) is 18.1 Å². The molecule has 0 aliphatic rings. The van der Waals surface area contributed by atoms with Crippen molar-refractivity contribution in [2.45, 2.75) is 25.1 Å². The molecule has 0 spiro atoms. The summed E-state index contributed by atoms with van der Waals surface area (Å²) in [5.41, 5.74) is 0.756. The first-order chi connectivity index (χ1) is 9.72. The molecule has 0 aromatic heterocycles. The lowest BCUT2D eigenvalue weighted by Gasteiger charge is -2.18. The van der Waals surface area contributed by atoms with Gasteiger partial charge in [0.1, 0.15) is 0 Å². The highest BCUT2D eigenvalue weighted by Gasteiger charge is 2.39. The normalized spacial score (nSPS) is 12.3. The molecule has 0 aliphatic heterocycles. The second-order valence-electron chi connectivity index (χ2n) is 4.28. The van der Waals surface area contributed by atoms with Crippen molar-refractivity contribution in [3.8, 4) is 6.07 Å². The number of hydrogen-bond acceptors (Lipinski definition) is 3. The summed E-state index contributed by atoms with van der Waals surface area (Å²) in [5.74, 6) is -3.52. The molecular weight excluding hydrogens is 289 g/mol. The van der Waals surface area contributed by atoms with Crippen LogP contribution in [0.4, 0.5) is 13.2 Å². The van der Waals surface area contributed by atoms with Crippen molar-refractivity contribution in [1.29, 1.82) is 5.26 Å². The predicted molar refractivity (Wildman–Crippen MR) is 65.1 cm³/mol. The molecule has 8 heteroatoms. The van der Waals surface area contributed by atoms with Gasteiger partial charge in [-0.25, -0.2) is 0 Å². The van der Waals surface area contributed by atoms with E-state index in [9.17, 15) is 22.8 Å². The summed E-state index contributed by atoms with van der Waals surface area (Å²) < 4.78 is 36.6. The van der Waals surface area contributed by atoms with E-state index in [2.05, 4.69) is 0 Å². The smallest absolute Gasteiger partial charge is 0.471 e. The lowest BCUT2D eigenvalue weighted by Crippen LogP contribution is -2.45. The van der Waals surface area contributed by atoms with Crippen LogP contribution in [0.15, 0.2) is 24.3 Å². The fourth-order valence-electron chi connectivity index (χ4n) is 1.70. The summed E-state index contributed by atoms with van der Waals surface area (Å²) in [6, 6.07) is 6.64. The molecular formula is C13H11F3N2O3. The van der Waals surface area contributed by atoms with Crippen molar-refractivity contribution in [2.75, 3.05) is 0 Å². The Kier molecular flexibility index (Phi) is 5.30. The van der Waals surface area contributed by atoms with Crippen LogP contribution in [-0.4, -0.2) is 29.2 Å². The van der Waals surface area contributed by atoms with Gasteiger partial charge in [0.2, 0.25) is 0 Å². The van der Waals surface area contributed by atoms with Crippen LogP contribution in [0.25, 0.3) is 0 Å². The summed E-state index contributed by atoms with van der Waals surface area (Å²) in [5, 5.41) is 19.1. The van der Waals surface area contributed by atoms with Crippen molar-refractivity contribution in [3.63, 3.8) is 0 Å². The maximum atomic E-state index is 12.2. The van der Waals surface area contributed by atoms with Crippen LogP contribution in [0.2, 0.25) is 0 Å². The fourth-order valence-corrected chi connectivity index (χ4v) is 1.70. The number of benzene rings is 1. The summed E-state index contributed by atoms with van der Waals surface area (Å²) in [6.07, 6.45) is -5.85. The van der Waals surface area contributed by atoms with Gasteiger partial charge in [-0.1, -0.05) is 12.1 Å².